The van der Waals surface area contributed by atoms with Crippen LogP contribution in [0.3, 0.4) is 0 Å². The lowest BCUT2D eigenvalue weighted by Crippen LogP contribution is -2.32. The van der Waals surface area contributed by atoms with Gasteiger partial charge in [0.2, 0.25) is 11.7 Å². The van der Waals surface area contributed by atoms with Crippen LogP contribution in [-0.4, -0.2) is 27.5 Å². The minimum Gasteiger partial charge on any atom is -0.337 e. The molecule has 0 bridgehead atoms. The zero-order valence-electron chi connectivity index (χ0n) is 13.7. The standard InChI is InChI=1S/C17H15F3N4O2/c18-17(19,20)16-22-15(23-26-16)13-5-3-12(4-6-13)10-24(9-11-1-2-11)14(25)7-8-21/h3-6,11H,1-2,7,9-10H2. The third-order valence-corrected chi connectivity index (χ3v) is 4.01. The van der Waals surface area contributed by atoms with Crippen molar-refractivity contribution >= 4 is 5.91 Å². The maximum atomic E-state index is 12.5. The van der Waals surface area contributed by atoms with Crippen molar-refractivity contribution in [2.45, 2.75) is 32.0 Å². The van der Waals surface area contributed by atoms with E-state index in [2.05, 4.69) is 14.7 Å². The Morgan fingerprint density at radius 3 is 2.54 bits per heavy atom. The highest BCUT2D eigenvalue weighted by atomic mass is 19.4. The summed E-state index contributed by atoms with van der Waals surface area (Å²) in [6.45, 7) is 0.958. The summed E-state index contributed by atoms with van der Waals surface area (Å²) in [5.74, 6) is -1.29. The average molecular weight is 364 g/mol. The number of amides is 1. The Labute approximate surface area is 147 Å². The fourth-order valence-corrected chi connectivity index (χ4v) is 2.48. The highest BCUT2D eigenvalue weighted by Gasteiger charge is 2.38. The third kappa shape index (κ3) is 4.39. The first-order chi connectivity index (χ1) is 12.4. The summed E-state index contributed by atoms with van der Waals surface area (Å²) in [5.41, 5.74) is 1.19. The Hall–Kier alpha value is -2.89. The van der Waals surface area contributed by atoms with E-state index in [1.807, 2.05) is 6.07 Å². The van der Waals surface area contributed by atoms with Crippen molar-refractivity contribution < 1.29 is 22.5 Å². The summed E-state index contributed by atoms with van der Waals surface area (Å²) in [4.78, 5) is 17.0. The molecular formula is C17H15F3N4O2. The molecule has 9 heteroatoms. The van der Waals surface area contributed by atoms with Gasteiger partial charge >= 0.3 is 12.1 Å². The van der Waals surface area contributed by atoms with Gasteiger partial charge in [0.25, 0.3) is 0 Å². The van der Waals surface area contributed by atoms with Crippen molar-refractivity contribution in [2.24, 2.45) is 5.92 Å². The Kier molecular flexibility index (Phi) is 4.93. The van der Waals surface area contributed by atoms with Crippen LogP contribution in [-0.2, 0) is 17.5 Å². The Morgan fingerprint density at radius 2 is 2.00 bits per heavy atom. The van der Waals surface area contributed by atoms with E-state index in [1.54, 1.807) is 29.2 Å². The Morgan fingerprint density at radius 1 is 1.31 bits per heavy atom. The lowest BCUT2D eigenvalue weighted by atomic mass is 10.1. The number of nitriles is 1. The number of nitrogens with zero attached hydrogens (tertiary/aromatic N) is 4. The number of carbonyl (C=O) groups is 1. The number of carbonyl (C=O) groups excluding carboxylic acids is 1. The third-order valence-electron chi connectivity index (χ3n) is 4.01. The van der Waals surface area contributed by atoms with Gasteiger partial charge in [-0.25, -0.2) is 0 Å². The van der Waals surface area contributed by atoms with Gasteiger partial charge in [-0.05, 0) is 24.3 Å². The van der Waals surface area contributed by atoms with Crippen molar-refractivity contribution in [3.8, 4) is 17.5 Å². The monoisotopic (exact) mass is 364 g/mol. The zero-order chi connectivity index (χ0) is 18.7. The fourth-order valence-electron chi connectivity index (χ4n) is 2.48. The second-order valence-corrected chi connectivity index (χ2v) is 6.17. The van der Waals surface area contributed by atoms with Gasteiger partial charge in [0, 0.05) is 18.7 Å². The molecule has 2 aromatic rings. The van der Waals surface area contributed by atoms with Crippen LogP contribution in [0.4, 0.5) is 13.2 Å². The van der Waals surface area contributed by atoms with E-state index in [1.165, 1.54) is 0 Å². The molecule has 0 atom stereocenters. The Bertz CT molecular complexity index is 820. The SMILES string of the molecule is N#CCC(=O)N(Cc1ccc(-c2noc(C(F)(F)F)n2)cc1)CC1CC1. The molecule has 0 unspecified atom stereocenters. The Balaban J connectivity index is 1.70. The van der Waals surface area contributed by atoms with Gasteiger partial charge in [-0.2, -0.15) is 23.4 Å². The van der Waals surface area contributed by atoms with E-state index < -0.39 is 12.1 Å². The molecule has 0 saturated heterocycles. The van der Waals surface area contributed by atoms with Gasteiger partial charge in [0.1, 0.15) is 6.42 Å². The molecule has 6 nitrogen and oxygen atoms in total. The molecule has 0 aliphatic heterocycles. The topological polar surface area (TPSA) is 83.0 Å². The molecule has 1 heterocycles. The van der Waals surface area contributed by atoms with Crippen molar-refractivity contribution in [3.05, 3.63) is 35.7 Å². The van der Waals surface area contributed by atoms with Crippen LogP contribution < -0.4 is 0 Å². The van der Waals surface area contributed by atoms with E-state index >= 15 is 0 Å². The van der Waals surface area contributed by atoms with E-state index in [4.69, 9.17) is 5.26 Å². The summed E-state index contributed by atoms with van der Waals surface area (Å²) in [6, 6.07) is 8.40. The lowest BCUT2D eigenvalue weighted by molar-refractivity contribution is -0.159. The first kappa shape index (κ1) is 17.9. The number of rotatable bonds is 6. The summed E-state index contributed by atoms with van der Waals surface area (Å²) < 4.78 is 41.8. The number of alkyl halides is 3. The predicted molar refractivity (Wildman–Crippen MR) is 83.1 cm³/mol. The quantitative estimate of drug-likeness (QED) is 0.784. The fraction of sp³-hybridized carbons (Fsp3) is 0.412. The summed E-state index contributed by atoms with van der Waals surface area (Å²) >= 11 is 0. The molecule has 0 radical (unpaired) electrons. The van der Waals surface area contributed by atoms with E-state index in [-0.39, 0.29) is 18.2 Å². The predicted octanol–water partition coefficient (Wildman–Crippen LogP) is 3.41. The minimum absolute atomic E-state index is 0.153. The van der Waals surface area contributed by atoms with Crippen LogP contribution in [0.15, 0.2) is 28.8 Å². The summed E-state index contributed by atoms with van der Waals surface area (Å²) in [7, 11) is 0. The van der Waals surface area contributed by atoms with Gasteiger partial charge in [0.15, 0.2) is 0 Å². The molecule has 1 aliphatic carbocycles. The molecule has 26 heavy (non-hydrogen) atoms. The molecule has 3 rings (SSSR count). The molecule has 1 aromatic heterocycles. The van der Waals surface area contributed by atoms with Crippen LogP contribution >= 0.6 is 0 Å². The largest absolute Gasteiger partial charge is 0.471 e. The minimum atomic E-state index is -4.68. The normalized spacial score (nSPS) is 14.1. The smallest absolute Gasteiger partial charge is 0.337 e. The van der Waals surface area contributed by atoms with Crippen molar-refractivity contribution in [2.75, 3.05) is 6.54 Å². The lowest BCUT2D eigenvalue weighted by Gasteiger charge is -2.21. The maximum absolute atomic E-state index is 12.5. The van der Waals surface area contributed by atoms with Crippen LogP contribution in [0.1, 0.15) is 30.7 Å². The van der Waals surface area contributed by atoms with Crippen LogP contribution in [0, 0.1) is 17.2 Å². The average Bonchev–Trinajstić information content (AvgIpc) is 3.26. The molecule has 1 fully saturated rings. The highest BCUT2D eigenvalue weighted by molar-refractivity contribution is 5.78. The zero-order valence-corrected chi connectivity index (χ0v) is 13.7. The molecule has 0 N–H and O–H groups in total. The summed E-state index contributed by atoms with van der Waals surface area (Å²) in [6.07, 6.45) is -2.70. The van der Waals surface area contributed by atoms with Crippen molar-refractivity contribution in [1.82, 2.24) is 15.0 Å². The molecule has 1 aromatic carbocycles. The van der Waals surface area contributed by atoms with Crippen LogP contribution in [0.25, 0.3) is 11.4 Å². The van der Waals surface area contributed by atoms with Crippen molar-refractivity contribution in [3.63, 3.8) is 0 Å². The van der Waals surface area contributed by atoms with E-state index in [0.29, 0.717) is 24.6 Å². The van der Waals surface area contributed by atoms with Gasteiger partial charge in [0.05, 0.1) is 6.07 Å². The first-order valence-corrected chi connectivity index (χ1v) is 8.02. The highest BCUT2D eigenvalue weighted by Crippen LogP contribution is 2.31. The molecule has 136 valence electrons. The van der Waals surface area contributed by atoms with Crippen LogP contribution in [0.5, 0.6) is 0 Å². The first-order valence-electron chi connectivity index (χ1n) is 8.02. The van der Waals surface area contributed by atoms with Gasteiger partial charge in [-0.15, -0.1) is 0 Å². The molecular weight excluding hydrogens is 349 g/mol. The molecule has 0 spiro atoms. The van der Waals surface area contributed by atoms with Gasteiger partial charge < -0.3 is 9.42 Å². The van der Waals surface area contributed by atoms with E-state index in [0.717, 1.165) is 18.4 Å². The number of halogens is 3. The number of aromatic nitrogens is 2. The molecule has 1 saturated carbocycles. The number of benzene rings is 1. The van der Waals surface area contributed by atoms with Gasteiger partial charge in [-0.3, -0.25) is 4.79 Å². The van der Waals surface area contributed by atoms with Crippen LogP contribution in [0.2, 0.25) is 0 Å². The molecule has 1 amide bonds. The van der Waals surface area contributed by atoms with Crippen molar-refractivity contribution in [1.29, 1.82) is 5.26 Å². The maximum Gasteiger partial charge on any atom is 0.471 e. The summed E-state index contributed by atoms with van der Waals surface area (Å²) in [5, 5.41) is 12.1. The number of hydrogen-bond acceptors (Lipinski definition) is 5. The second-order valence-electron chi connectivity index (χ2n) is 6.17. The molecule has 1 aliphatic rings. The number of hydrogen-bond donors (Lipinski definition) is 0. The second kappa shape index (κ2) is 7.15. The van der Waals surface area contributed by atoms with Gasteiger partial charge in [-0.1, -0.05) is 29.4 Å². The van der Waals surface area contributed by atoms with E-state index in [9.17, 15) is 18.0 Å².